The van der Waals surface area contributed by atoms with Gasteiger partial charge >= 0.3 is 0 Å². The molecule has 2 aromatic carbocycles. The smallest absolute Gasteiger partial charge is 0.267 e. The van der Waals surface area contributed by atoms with E-state index in [1.165, 1.54) is 0 Å². The van der Waals surface area contributed by atoms with Gasteiger partial charge in [-0.15, -0.1) is 10.2 Å². The van der Waals surface area contributed by atoms with Crippen molar-refractivity contribution in [1.82, 2.24) is 25.6 Å². The van der Waals surface area contributed by atoms with Gasteiger partial charge in [0.2, 0.25) is 5.82 Å². The van der Waals surface area contributed by atoms with Crippen molar-refractivity contribution in [3.63, 3.8) is 0 Å². The van der Waals surface area contributed by atoms with Crippen LogP contribution in [0.1, 0.15) is 49.5 Å². The number of nitrogens with one attached hydrogen (secondary N) is 1. The van der Waals surface area contributed by atoms with Crippen LogP contribution >= 0.6 is 0 Å². The molecule has 0 atom stereocenters. The molecule has 0 saturated carbocycles. The zero-order valence-electron chi connectivity index (χ0n) is 17.0. The highest BCUT2D eigenvalue weighted by Crippen LogP contribution is 2.13. The van der Waals surface area contributed by atoms with E-state index in [1.54, 1.807) is 16.9 Å². The molecule has 150 valence electrons. The fraction of sp³-hybridized carbons (Fsp3) is 0.318. The highest BCUT2D eigenvalue weighted by molar-refractivity contribution is 5.95. The number of hydrazone groups is 1. The van der Waals surface area contributed by atoms with Crippen molar-refractivity contribution in [3.05, 3.63) is 65.7 Å². The standard InChI is InChI=1S/C22H26N6O/c1-16(2)9-10-17(3)23-25-22(29)20-13-11-18(12-14-20)15-28-26-21(24-27-28)19-7-5-4-6-8-19/h4-8,11-14,16H,9-10,15H2,1-3H3,(H,25,29)/b23-17+. The van der Waals surface area contributed by atoms with Gasteiger partial charge < -0.3 is 0 Å². The number of carbonyl (C=O) groups is 1. The molecule has 0 aliphatic carbocycles. The normalized spacial score (nSPS) is 11.7. The van der Waals surface area contributed by atoms with E-state index >= 15 is 0 Å². The highest BCUT2D eigenvalue weighted by atomic mass is 16.2. The van der Waals surface area contributed by atoms with Crippen molar-refractivity contribution in [2.75, 3.05) is 0 Å². The molecular weight excluding hydrogens is 364 g/mol. The van der Waals surface area contributed by atoms with Crippen molar-refractivity contribution in [1.29, 1.82) is 0 Å². The van der Waals surface area contributed by atoms with Crippen LogP contribution in [0.5, 0.6) is 0 Å². The maximum atomic E-state index is 12.3. The van der Waals surface area contributed by atoms with E-state index in [9.17, 15) is 4.79 Å². The Labute approximate surface area is 170 Å². The summed E-state index contributed by atoms with van der Waals surface area (Å²) < 4.78 is 0. The lowest BCUT2D eigenvalue weighted by atomic mass is 10.1. The largest absolute Gasteiger partial charge is 0.271 e. The third-order valence-corrected chi connectivity index (χ3v) is 4.46. The molecule has 29 heavy (non-hydrogen) atoms. The number of nitrogens with zero attached hydrogens (tertiary/aromatic N) is 5. The zero-order chi connectivity index (χ0) is 20.6. The van der Waals surface area contributed by atoms with Gasteiger partial charge in [-0.2, -0.15) is 9.90 Å². The number of hydrogen-bond acceptors (Lipinski definition) is 5. The van der Waals surface area contributed by atoms with E-state index in [-0.39, 0.29) is 5.91 Å². The molecule has 0 aliphatic rings. The van der Waals surface area contributed by atoms with Crippen LogP contribution in [0, 0.1) is 5.92 Å². The first kappa shape index (κ1) is 20.4. The third-order valence-electron chi connectivity index (χ3n) is 4.46. The molecule has 0 fully saturated rings. The topological polar surface area (TPSA) is 85.1 Å². The molecule has 3 rings (SSSR count). The quantitative estimate of drug-likeness (QED) is 0.466. The van der Waals surface area contributed by atoms with Crippen molar-refractivity contribution < 1.29 is 4.79 Å². The van der Waals surface area contributed by atoms with Crippen molar-refractivity contribution >= 4 is 11.6 Å². The lowest BCUT2D eigenvalue weighted by Crippen LogP contribution is -2.19. The van der Waals surface area contributed by atoms with Gasteiger partial charge in [-0.1, -0.05) is 56.3 Å². The van der Waals surface area contributed by atoms with E-state index < -0.39 is 0 Å². The summed E-state index contributed by atoms with van der Waals surface area (Å²) in [4.78, 5) is 13.8. The lowest BCUT2D eigenvalue weighted by molar-refractivity contribution is 0.0954. The predicted molar refractivity (Wildman–Crippen MR) is 113 cm³/mol. The Kier molecular flexibility index (Phi) is 6.84. The van der Waals surface area contributed by atoms with Gasteiger partial charge in [0.25, 0.3) is 5.91 Å². The first-order valence-electron chi connectivity index (χ1n) is 9.77. The predicted octanol–water partition coefficient (Wildman–Crippen LogP) is 3.93. The maximum absolute atomic E-state index is 12.3. The second kappa shape index (κ2) is 9.73. The Bertz CT molecular complexity index is 960. The van der Waals surface area contributed by atoms with Gasteiger partial charge in [-0.05, 0) is 48.6 Å². The van der Waals surface area contributed by atoms with Crippen molar-refractivity contribution in [2.24, 2.45) is 11.0 Å². The molecule has 0 spiro atoms. The van der Waals surface area contributed by atoms with E-state index in [1.807, 2.05) is 49.4 Å². The summed E-state index contributed by atoms with van der Waals surface area (Å²) in [5, 5.41) is 16.8. The van der Waals surface area contributed by atoms with Gasteiger partial charge in [0.05, 0.1) is 6.54 Å². The Morgan fingerprint density at radius 1 is 1.10 bits per heavy atom. The molecule has 7 nitrogen and oxygen atoms in total. The molecular formula is C22H26N6O. The SMILES string of the molecule is C/C(CCC(C)C)=N\NC(=O)c1ccc(Cn2nnc(-c3ccccc3)n2)cc1. The Morgan fingerprint density at radius 2 is 1.83 bits per heavy atom. The van der Waals surface area contributed by atoms with Crippen LogP contribution < -0.4 is 5.43 Å². The Balaban J connectivity index is 1.57. The minimum Gasteiger partial charge on any atom is -0.267 e. The average molecular weight is 390 g/mol. The van der Waals surface area contributed by atoms with Gasteiger partial charge in [0.15, 0.2) is 0 Å². The van der Waals surface area contributed by atoms with Crippen LogP contribution in [0.2, 0.25) is 0 Å². The van der Waals surface area contributed by atoms with Crippen LogP contribution in [0.15, 0.2) is 59.7 Å². The van der Waals surface area contributed by atoms with Crippen LogP contribution in [0.3, 0.4) is 0 Å². The average Bonchev–Trinajstić information content (AvgIpc) is 3.20. The van der Waals surface area contributed by atoms with Crippen LogP contribution in [0.4, 0.5) is 0 Å². The lowest BCUT2D eigenvalue weighted by Gasteiger charge is -2.05. The number of carbonyl (C=O) groups excluding carboxylic acids is 1. The van der Waals surface area contributed by atoms with Gasteiger partial charge in [0.1, 0.15) is 0 Å². The molecule has 0 bridgehead atoms. The molecule has 7 heteroatoms. The van der Waals surface area contributed by atoms with E-state index in [2.05, 4.69) is 39.8 Å². The van der Waals surface area contributed by atoms with Gasteiger partial charge in [-0.3, -0.25) is 4.79 Å². The van der Waals surface area contributed by atoms with Crippen molar-refractivity contribution in [3.8, 4) is 11.4 Å². The summed E-state index contributed by atoms with van der Waals surface area (Å²) >= 11 is 0. The summed E-state index contributed by atoms with van der Waals surface area (Å²) in [6.07, 6.45) is 1.94. The highest BCUT2D eigenvalue weighted by Gasteiger charge is 2.08. The number of rotatable bonds is 8. The molecule has 1 amide bonds. The first-order valence-corrected chi connectivity index (χ1v) is 9.77. The second-order valence-corrected chi connectivity index (χ2v) is 7.43. The van der Waals surface area contributed by atoms with Crippen molar-refractivity contribution in [2.45, 2.75) is 40.2 Å². The monoisotopic (exact) mass is 390 g/mol. The summed E-state index contributed by atoms with van der Waals surface area (Å²) in [6.45, 7) is 6.75. The second-order valence-electron chi connectivity index (χ2n) is 7.43. The number of hydrogen-bond donors (Lipinski definition) is 1. The number of aromatic nitrogens is 4. The Morgan fingerprint density at radius 3 is 2.52 bits per heavy atom. The summed E-state index contributed by atoms with van der Waals surface area (Å²) in [5.41, 5.74) is 6.02. The van der Waals surface area contributed by atoms with Crippen LogP contribution in [-0.4, -0.2) is 31.8 Å². The zero-order valence-corrected chi connectivity index (χ0v) is 17.0. The van der Waals surface area contributed by atoms with Crippen LogP contribution in [-0.2, 0) is 6.54 Å². The van der Waals surface area contributed by atoms with Crippen LogP contribution in [0.25, 0.3) is 11.4 Å². The number of amides is 1. The summed E-state index contributed by atoms with van der Waals surface area (Å²) in [5.74, 6) is 0.990. The van der Waals surface area contributed by atoms with E-state index in [0.717, 1.165) is 29.7 Å². The molecule has 1 aromatic heterocycles. The number of tetrazole rings is 1. The van der Waals surface area contributed by atoms with Gasteiger partial charge in [-0.25, -0.2) is 5.43 Å². The first-order chi connectivity index (χ1) is 14.0. The minimum atomic E-state index is -0.217. The molecule has 0 aliphatic heterocycles. The third kappa shape index (κ3) is 6.07. The molecule has 0 radical (unpaired) electrons. The Hall–Kier alpha value is -3.35. The van der Waals surface area contributed by atoms with E-state index in [4.69, 9.17) is 0 Å². The molecule has 0 unspecified atom stereocenters. The molecule has 0 saturated heterocycles. The molecule has 1 heterocycles. The van der Waals surface area contributed by atoms with E-state index in [0.29, 0.717) is 23.9 Å². The maximum Gasteiger partial charge on any atom is 0.271 e. The summed E-state index contributed by atoms with van der Waals surface area (Å²) in [7, 11) is 0. The number of benzene rings is 2. The summed E-state index contributed by atoms with van der Waals surface area (Å²) in [6, 6.07) is 17.0. The molecule has 1 N–H and O–H groups in total. The fourth-order valence-electron chi connectivity index (χ4n) is 2.70. The fourth-order valence-corrected chi connectivity index (χ4v) is 2.70. The minimum absolute atomic E-state index is 0.217. The van der Waals surface area contributed by atoms with Gasteiger partial charge in [0, 0.05) is 16.8 Å². The molecule has 3 aromatic rings.